The summed E-state index contributed by atoms with van der Waals surface area (Å²) in [5, 5.41) is 0. The van der Waals surface area contributed by atoms with Gasteiger partial charge in [0.2, 0.25) is 0 Å². The van der Waals surface area contributed by atoms with Crippen molar-refractivity contribution in [3.8, 4) is 0 Å². The summed E-state index contributed by atoms with van der Waals surface area (Å²) in [6.45, 7) is 0. The van der Waals surface area contributed by atoms with Crippen molar-refractivity contribution in [1.82, 2.24) is 0 Å². The molecule has 0 aliphatic heterocycles. The van der Waals surface area contributed by atoms with Crippen molar-refractivity contribution in [3.63, 3.8) is 0 Å². The third-order valence-corrected chi connectivity index (χ3v) is 0. The zero-order valence-corrected chi connectivity index (χ0v) is 10.6. The first-order valence-corrected chi connectivity index (χ1v) is 2.33. The number of hydrogen-bond donors (Lipinski definition) is 1. The molecule has 1 radical (unpaired) electrons. The fourth-order valence-electron chi connectivity index (χ4n) is 0. The molecule has 0 atom stereocenters. The molecule has 0 heterocycles. The Bertz CT molecular complexity index is 59.2. The van der Waals surface area contributed by atoms with Crippen LogP contribution in [0.4, 0.5) is 0 Å². The zero-order valence-electron chi connectivity index (χ0n) is 2.72. The first-order valence-electron chi connectivity index (χ1n) is 0.565. The Morgan fingerprint density at radius 2 is 1.33 bits per heavy atom. The summed E-state index contributed by atoms with van der Waals surface area (Å²) in [5.41, 5.74) is 0. The maximum absolute atomic E-state index is 8.67. The summed E-state index contributed by atoms with van der Waals surface area (Å²) in [6.07, 6.45) is 0. The van der Waals surface area contributed by atoms with Crippen molar-refractivity contribution in [2.75, 3.05) is 0 Å². The summed E-state index contributed by atoms with van der Waals surface area (Å²) in [4.78, 5) is 0. The normalized spacial score (nSPS) is 4.17. The van der Waals surface area contributed by atoms with Gasteiger partial charge in [-0.2, -0.15) is 0 Å². The van der Waals surface area contributed by atoms with E-state index in [2.05, 4.69) is 0 Å². The molecule has 0 fully saturated rings. The van der Waals surface area contributed by atoms with Crippen LogP contribution in [0.25, 0.3) is 0 Å². The average molecular weight is 375 g/mol. The summed E-state index contributed by atoms with van der Waals surface area (Å²) < 4.78 is 24.4. The third-order valence-electron chi connectivity index (χ3n) is 0. The van der Waals surface area contributed by atoms with Gasteiger partial charge in [0.1, 0.15) is 0 Å². The fraction of sp³-hybridized carbons (Fsp3) is 0. The van der Waals surface area contributed by atoms with Gasteiger partial charge in [-0.1, -0.05) is 0 Å². The van der Waals surface area contributed by atoms with E-state index in [1.165, 1.54) is 0 Å². The Hall–Kier alpha value is 1.55. The van der Waals surface area contributed by atoms with E-state index >= 15 is 0 Å². The first-order chi connectivity index (χ1) is 1.73. The molecule has 3 nitrogen and oxygen atoms in total. The van der Waals surface area contributed by atoms with Gasteiger partial charge in [-0.25, -0.2) is 0 Å². The second-order valence-corrected chi connectivity index (χ2v) is 0.981. The average Bonchev–Trinajstić information content (AvgIpc) is 0.811. The van der Waals surface area contributed by atoms with Crippen LogP contribution in [-0.4, -0.2) is 30.2 Å². The van der Waals surface area contributed by atoms with Crippen LogP contribution in [0, 0.1) is 0 Å². The van der Waals surface area contributed by atoms with E-state index in [-0.39, 0.29) is 43.3 Å². The minimum absolute atomic E-state index is 0. The number of hydrogen-bond acceptors (Lipinski definition) is 2. The van der Waals surface area contributed by atoms with Crippen LogP contribution in [0.2, 0.25) is 0 Å². The molecule has 0 aromatic rings. The first kappa shape index (κ1) is 15.6. The Kier molecular flexibility index (Phi) is 25.4. The van der Waals surface area contributed by atoms with Crippen LogP contribution in [-0.2, 0) is 39.8 Å². The summed E-state index contributed by atoms with van der Waals surface area (Å²) >= 11 is -3.69. The van der Waals surface area contributed by atoms with Crippen molar-refractivity contribution >= 4 is 26.2 Å². The van der Waals surface area contributed by atoms with Crippen molar-refractivity contribution < 1.29 is 43.8 Å². The van der Waals surface area contributed by atoms with Crippen molar-refractivity contribution in [3.05, 3.63) is 0 Å². The van der Waals surface area contributed by atoms with Gasteiger partial charge in [-0.15, -0.1) is 0 Å². The second kappa shape index (κ2) is 9.74. The standard InChI is InChI=1S/Bi.Cu.H2O.2O.V.3H/h;;1H2;;;;;;/q;;;;;+1;;;/p-1. The van der Waals surface area contributed by atoms with E-state index in [1.807, 2.05) is 0 Å². The number of rotatable bonds is 0. The fourth-order valence-corrected chi connectivity index (χ4v) is 0. The molecule has 0 amide bonds. The molecule has 0 spiro atoms. The molecule has 1 N–H and O–H groups in total. The van der Waals surface area contributed by atoms with Gasteiger partial charge in [0, 0.05) is 17.1 Å². The van der Waals surface area contributed by atoms with Crippen molar-refractivity contribution in [1.29, 1.82) is 0 Å². The Morgan fingerprint density at radius 1 is 1.33 bits per heavy atom. The zero-order chi connectivity index (χ0) is 3.58. The van der Waals surface area contributed by atoms with E-state index in [0.717, 1.165) is 0 Å². The van der Waals surface area contributed by atoms with Crippen LogP contribution in [0.3, 0.4) is 0 Å². The van der Waals surface area contributed by atoms with Gasteiger partial charge in [0.15, 0.2) is 0 Å². The van der Waals surface area contributed by atoms with E-state index in [4.69, 9.17) is 11.4 Å². The molecule has 43 valence electrons. The molecule has 0 unspecified atom stereocenters. The van der Waals surface area contributed by atoms with Crippen LogP contribution in [0.5, 0.6) is 0 Å². The molecule has 0 rings (SSSR count). The monoisotopic (exact) mass is 375 g/mol. The predicted octanol–water partition coefficient (Wildman–Crippen LogP) is -1.98. The molecule has 0 aliphatic carbocycles. The molecule has 0 saturated carbocycles. The van der Waals surface area contributed by atoms with Gasteiger partial charge in [-0.05, 0) is 0 Å². The molecule has 6 heavy (non-hydrogen) atoms. The molecule has 0 saturated heterocycles. The molecule has 0 aromatic heterocycles. The van der Waals surface area contributed by atoms with Gasteiger partial charge >= 0.3 is 53.0 Å². The summed E-state index contributed by atoms with van der Waals surface area (Å²) in [5.74, 6) is 0. The van der Waals surface area contributed by atoms with Gasteiger partial charge in [0.05, 0.1) is 0 Å². The Balaban J connectivity index is -0.0000000450. The van der Waals surface area contributed by atoms with Crippen molar-refractivity contribution in [2.24, 2.45) is 0 Å². The SMILES string of the molecule is [BiH3].[Cu].[O]=[V](=[O])[OH]. The van der Waals surface area contributed by atoms with Crippen molar-refractivity contribution in [2.45, 2.75) is 0 Å². The Labute approximate surface area is 69.5 Å². The van der Waals surface area contributed by atoms with Gasteiger partial charge in [-0.3, -0.25) is 0 Å². The molecular formula is H4BiCuO3V. The van der Waals surface area contributed by atoms with E-state index in [9.17, 15) is 0 Å². The molecular weight excluding hydrogens is 371 g/mol. The minimum atomic E-state index is -3.69. The quantitative estimate of drug-likeness (QED) is 0.499. The summed E-state index contributed by atoms with van der Waals surface area (Å²) in [7, 11) is 0. The summed E-state index contributed by atoms with van der Waals surface area (Å²) in [6, 6.07) is 0. The predicted molar refractivity (Wildman–Crippen MR) is 13.5 cm³/mol. The second-order valence-electron chi connectivity index (χ2n) is 0.238. The van der Waals surface area contributed by atoms with Crippen LogP contribution >= 0.6 is 0 Å². The van der Waals surface area contributed by atoms with Crippen LogP contribution in [0.1, 0.15) is 0 Å². The van der Waals surface area contributed by atoms with Gasteiger partial charge in [0.25, 0.3) is 0 Å². The molecule has 0 bridgehead atoms. The topological polar surface area (TPSA) is 54.4 Å². The molecule has 0 aliphatic rings. The van der Waals surface area contributed by atoms with E-state index in [0.29, 0.717) is 0 Å². The molecule has 6 heteroatoms. The van der Waals surface area contributed by atoms with Crippen LogP contribution < -0.4 is 0 Å². The van der Waals surface area contributed by atoms with E-state index in [1.54, 1.807) is 0 Å². The maximum atomic E-state index is 8.67. The Morgan fingerprint density at radius 3 is 1.33 bits per heavy atom. The third kappa shape index (κ3) is 47.9. The molecule has 0 aromatic carbocycles. The van der Waals surface area contributed by atoms with Gasteiger partial charge < -0.3 is 0 Å². The van der Waals surface area contributed by atoms with E-state index < -0.39 is 15.4 Å². The van der Waals surface area contributed by atoms with Crippen LogP contribution in [0.15, 0.2) is 0 Å².